The molecule has 1 aliphatic heterocycles. The fourth-order valence-electron chi connectivity index (χ4n) is 3.04. The maximum absolute atomic E-state index is 12.7. The van der Waals surface area contributed by atoms with Gasteiger partial charge in [0, 0.05) is 13.1 Å². The van der Waals surface area contributed by atoms with Crippen LogP contribution in [0.2, 0.25) is 0 Å². The lowest BCUT2D eigenvalue weighted by Crippen LogP contribution is -2.27. The molecule has 1 N–H and O–H groups in total. The molecule has 3 heterocycles. The number of nitrogens with zero attached hydrogens (tertiary/aromatic N) is 5. The van der Waals surface area contributed by atoms with Gasteiger partial charge in [0.2, 0.25) is 15.9 Å². The first-order valence-electron chi connectivity index (χ1n) is 8.71. The van der Waals surface area contributed by atoms with Crippen LogP contribution in [0.5, 0.6) is 0 Å². The van der Waals surface area contributed by atoms with Crippen molar-refractivity contribution < 1.29 is 18.1 Å². The largest absolute Gasteiger partial charge is 0.389 e. The van der Waals surface area contributed by atoms with E-state index in [2.05, 4.69) is 15.4 Å². The van der Waals surface area contributed by atoms with Crippen LogP contribution in [0.3, 0.4) is 0 Å². The number of aromatic nitrogens is 3. The predicted molar refractivity (Wildman–Crippen MR) is 105 cm³/mol. The van der Waals surface area contributed by atoms with Gasteiger partial charge in [-0.2, -0.15) is 8.99 Å². The van der Waals surface area contributed by atoms with E-state index in [9.17, 15) is 23.3 Å². The number of hydrogen-bond donors (Lipinski definition) is 1. The zero-order valence-electron chi connectivity index (χ0n) is 15.0. The van der Waals surface area contributed by atoms with Gasteiger partial charge in [0.05, 0.1) is 32.5 Å². The van der Waals surface area contributed by atoms with Crippen molar-refractivity contribution in [2.75, 3.05) is 18.4 Å². The molecular weight excluding hydrogens is 420 g/mol. The van der Waals surface area contributed by atoms with E-state index >= 15 is 0 Å². The third-order valence-corrected chi connectivity index (χ3v) is 7.26. The summed E-state index contributed by atoms with van der Waals surface area (Å²) < 4.78 is 28.7. The fourth-order valence-corrected chi connectivity index (χ4v) is 5.58. The molecule has 0 radical (unpaired) electrons. The Balaban J connectivity index is 1.50. The van der Waals surface area contributed by atoms with E-state index in [1.807, 2.05) is 0 Å². The number of hydrogen-bond acceptors (Lipinski definition) is 8. The van der Waals surface area contributed by atoms with E-state index in [-0.39, 0.29) is 17.3 Å². The molecule has 11 nitrogen and oxygen atoms in total. The maximum atomic E-state index is 12.7. The molecule has 0 bridgehead atoms. The highest BCUT2D eigenvalue weighted by atomic mass is 32.2. The summed E-state index contributed by atoms with van der Waals surface area (Å²) in [6.07, 6.45) is 3.06. The molecule has 0 unspecified atom stereocenters. The third-order valence-electron chi connectivity index (χ3n) is 4.43. The van der Waals surface area contributed by atoms with Gasteiger partial charge in [-0.1, -0.05) is 11.3 Å². The third kappa shape index (κ3) is 3.97. The standard InChI is InChI=1S/C16H16N6O5S2/c23-15(10-20-8-5-14(19-20)22(24)25)18-16-17-12-4-3-11(9-13(12)28-16)29(26,27)21-6-1-2-7-21/h3-5,8-9H,1-2,6-7,10H2,(H,17,18,23). The highest BCUT2D eigenvalue weighted by Gasteiger charge is 2.27. The Morgan fingerprint density at radius 2 is 2.03 bits per heavy atom. The zero-order valence-corrected chi connectivity index (χ0v) is 16.6. The van der Waals surface area contributed by atoms with Gasteiger partial charge in [0.25, 0.3) is 0 Å². The number of carbonyl (C=O) groups is 1. The first kappa shape index (κ1) is 19.4. The average molecular weight is 436 g/mol. The Labute approximate surface area is 169 Å². The molecule has 1 fully saturated rings. The van der Waals surface area contributed by atoms with Crippen LogP contribution in [-0.2, 0) is 21.4 Å². The first-order valence-corrected chi connectivity index (χ1v) is 11.0. The Kier molecular flexibility index (Phi) is 5.02. The Morgan fingerprint density at radius 3 is 2.72 bits per heavy atom. The predicted octanol–water partition coefficient (Wildman–Crippen LogP) is 1.82. The highest BCUT2D eigenvalue weighted by Crippen LogP contribution is 2.30. The topological polar surface area (TPSA) is 140 Å². The van der Waals surface area contributed by atoms with E-state index in [4.69, 9.17) is 0 Å². The quantitative estimate of drug-likeness (QED) is 0.459. The Morgan fingerprint density at radius 1 is 1.28 bits per heavy atom. The van der Waals surface area contributed by atoms with Crippen LogP contribution in [-0.4, -0.2) is 51.4 Å². The van der Waals surface area contributed by atoms with Gasteiger partial charge >= 0.3 is 5.82 Å². The van der Waals surface area contributed by atoms with Gasteiger partial charge in [-0.3, -0.25) is 4.79 Å². The molecule has 2 aromatic heterocycles. The minimum absolute atomic E-state index is 0.206. The molecule has 0 aliphatic carbocycles. The van der Waals surface area contributed by atoms with Crippen molar-refractivity contribution in [3.8, 4) is 0 Å². The number of sulfonamides is 1. The second-order valence-electron chi connectivity index (χ2n) is 6.44. The summed E-state index contributed by atoms with van der Waals surface area (Å²) >= 11 is 1.16. The number of anilines is 1. The van der Waals surface area contributed by atoms with E-state index in [0.29, 0.717) is 28.4 Å². The summed E-state index contributed by atoms with van der Waals surface area (Å²) in [5.74, 6) is -0.795. The average Bonchev–Trinajstić information content (AvgIpc) is 3.41. The molecule has 1 amide bonds. The number of nitro groups is 1. The van der Waals surface area contributed by atoms with Crippen molar-refractivity contribution in [3.05, 3.63) is 40.6 Å². The lowest BCUT2D eigenvalue weighted by atomic mass is 10.3. The van der Waals surface area contributed by atoms with Crippen molar-refractivity contribution in [2.24, 2.45) is 0 Å². The van der Waals surface area contributed by atoms with Crippen LogP contribution in [0.15, 0.2) is 35.4 Å². The minimum Gasteiger partial charge on any atom is -0.358 e. The lowest BCUT2D eigenvalue weighted by Gasteiger charge is -2.15. The monoisotopic (exact) mass is 436 g/mol. The van der Waals surface area contributed by atoms with Gasteiger partial charge in [0.1, 0.15) is 6.54 Å². The molecule has 4 rings (SSSR count). The lowest BCUT2D eigenvalue weighted by molar-refractivity contribution is -0.389. The molecule has 3 aromatic rings. The molecule has 0 atom stereocenters. The molecule has 1 aliphatic rings. The smallest absolute Gasteiger partial charge is 0.358 e. The van der Waals surface area contributed by atoms with Crippen LogP contribution in [0.1, 0.15) is 12.8 Å². The number of nitrogens with one attached hydrogen (secondary N) is 1. The van der Waals surface area contributed by atoms with Crippen LogP contribution in [0.4, 0.5) is 10.9 Å². The highest BCUT2D eigenvalue weighted by molar-refractivity contribution is 7.89. The number of thiazole rings is 1. The van der Waals surface area contributed by atoms with Gasteiger partial charge < -0.3 is 15.4 Å². The number of benzene rings is 1. The van der Waals surface area contributed by atoms with Gasteiger partial charge in [-0.25, -0.2) is 13.4 Å². The number of carbonyl (C=O) groups excluding carboxylic acids is 1. The fraction of sp³-hybridized carbons (Fsp3) is 0.312. The van der Waals surface area contributed by atoms with Crippen molar-refractivity contribution in [1.82, 2.24) is 19.1 Å². The maximum Gasteiger partial charge on any atom is 0.389 e. The Hall–Kier alpha value is -2.90. The van der Waals surface area contributed by atoms with Crippen molar-refractivity contribution in [2.45, 2.75) is 24.3 Å². The van der Waals surface area contributed by atoms with Gasteiger partial charge in [-0.15, -0.1) is 0 Å². The van der Waals surface area contributed by atoms with Gasteiger partial charge in [0.15, 0.2) is 5.13 Å². The first-order chi connectivity index (χ1) is 13.8. The summed E-state index contributed by atoms with van der Waals surface area (Å²) in [6.45, 7) is 0.838. The summed E-state index contributed by atoms with van der Waals surface area (Å²) in [5, 5.41) is 17.2. The van der Waals surface area contributed by atoms with E-state index in [1.54, 1.807) is 12.1 Å². The normalized spacial score (nSPS) is 15.0. The molecule has 1 saturated heterocycles. The van der Waals surface area contributed by atoms with Crippen molar-refractivity contribution >= 4 is 48.4 Å². The molecule has 152 valence electrons. The molecule has 1 aromatic carbocycles. The second-order valence-corrected chi connectivity index (χ2v) is 9.41. The summed E-state index contributed by atoms with van der Waals surface area (Å²) in [6, 6.07) is 5.89. The van der Waals surface area contributed by atoms with E-state index in [1.165, 1.54) is 22.6 Å². The van der Waals surface area contributed by atoms with Crippen LogP contribution < -0.4 is 5.32 Å². The SMILES string of the molecule is O=C(Cn1ccc([N+](=O)[O-])n1)Nc1nc2ccc(S(=O)(=O)N3CCCC3)cc2s1. The van der Waals surface area contributed by atoms with Crippen LogP contribution in [0.25, 0.3) is 10.2 Å². The molecule has 29 heavy (non-hydrogen) atoms. The number of fused-ring (bicyclic) bond motifs is 1. The molecule has 13 heteroatoms. The molecule has 0 saturated carbocycles. The zero-order chi connectivity index (χ0) is 20.6. The minimum atomic E-state index is -3.53. The Bertz CT molecular complexity index is 1200. The summed E-state index contributed by atoms with van der Waals surface area (Å²) in [5.41, 5.74) is 0.570. The summed E-state index contributed by atoms with van der Waals surface area (Å²) in [7, 11) is -3.53. The number of rotatable bonds is 6. The van der Waals surface area contributed by atoms with Crippen molar-refractivity contribution in [3.63, 3.8) is 0 Å². The number of amides is 1. The summed E-state index contributed by atoms with van der Waals surface area (Å²) in [4.78, 5) is 26.7. The molecular formula is C16H16N6O5S2. The van der Waals surface area contributed by atoms with E-state index < -0.39 is 20.9 Å². The van der Waals surface area contributed by atoms with Crippen molar-refractivity contribution in [1.29, 1.82) is 0 Å². The second kappa shape index (κ2) is 7.50. The van der Waals surface area contributed by atoms with Crippen LogP contribution in [0, 0.1) is 10.1 Å². The van der Waals surface area contributed by atoms with Gasteiger partial charge in [-0.05, 0) is 36.0 Å². The molecule has 0 spiro atoms. The van der Waals surface area contributed by atoms with Crippen LogP contribution >= 0.6 is 11.3 Å². The van der Waals surface area contributed by atoms with E-state index in [0.717, 1.165) is 28.9 Å².